The predicted octanol–water partition coefficient (Wildman–Crippen LogP) is 5.44. The molecule has 4 rings (SSSR count). The molecule has 0 heterocycles. The van der Waals surface area contributed by atoms with Gasteiger partial charge in [-0.15, -0.1) is 0 Å². The van der Waals surface area contributed by atoms with E-state index in [2.05, 4.69) is 0 Å². The summed E-state index contributed by atoms with van der Waals surface area (Å²) in [4.78, 5) is 11.8. The number of benzene rings is 2. The van der Waals surface area contributed by atoms with Crippen LogP contribution in [0, 0.1) is 5.92 Å². The van der Waals surface area contributed by atoms with E-state index in [1.807, 2.05) is 24.3 Å². The van der Waals surface area contributed by atoms with E-state index in [-0.39, 0.29) is 23.9 Å². The molecule has 0 aliphatic heterocycles. The molecule has 3 atom stereocenters. The van der Waals surface area contributed by atoms with Crippen molar-refractivity contribution >= 4 is 5.97 Å². The molecule has 0 aromatic heterocycles. The van der Waals surface area contributed by atoms with E-state index in [0.29, 0.717) is 30.8 Å². The molecule has 148 valence electrons. The maximum Gasteiger partial charge on any atom is 0.416 e. The van der Waals surface area contributed by atoms with Crippen molar-refractivity contribution in [3.8, 4) is 5.75 Å². The van der Waals surface area contributed by atoms with Gasteiger partial charge in [0.25, 0.3) is 0 Å². The first-order valence-electron chi connectivity index (χ1n) is 9.50. The number of esters is 1. The van der Waals surface area contributed by atoms with E-state index in [4.69, 9.17) is 9.47 Å². The van der Waals surface area contributed by atoms with Gasteiger partial charge in [0.05, 0.1) is 18.1 Å². The number of carbonyl (C=O) groups is 1. The number of aryl methyl sites for hydroxylation is 1. The van der Waals surface area contributed by atoms with Gasteiger partial charge in [0.1, 0.15) is 11.9 Å². The minimum absolute atomic E-state index is 0.0590. The molecule has 0 amide bonds. The fourth-order valence-corrected chi connectivity index (χ4v) is 3.91. The zero-order chi connectivity index (χ0) is 19.9. The van der Waals surface area contributed by atoms with Crippen molar-refractivity contribution in [2.24, 2.45) is 5.92 Å². The lowest BCUT2D eigenvalue weighted by Gasteiger charge is -2.16. The van der Waals surface area contributed by atoms with Gasteiger partial charge in [-0.1, -0.05) is 18.2 Å². The van der Waals surface area contributed by atoms with E-state index in [0.717, 1.165) is 23.6 Å². The molecule has 1 fully saturated rings. The largest absolute Gasteiger partial charge is 0.486 e. The van der Waals surface area contributed by atoms with Gasteiger partial charge in [0.2, 0.25) is 0 Å². The molecular weight excluding hydrogens is 369 g/mol. The monoisotopic (exact) mass is 390 g/mol. The maximum absolute atomic E-state index is 12.9. The molecule has 0 spiro atoms. The van der Waals surface area contributed by atoms with E-state index in [9.17, 15) is 18.0 Å². The molecule has 28 heavy (non-hydrogen) atoms. The van der Waals surface area contributed by atoms with E-state index in [1.54, 1.807) is 6.92 Å². The summed E-state index contributed by atoms with van der Waals surface area (Å²) < 4.78 is 49.7. The Bertz CT molecular complexity index is 874. The van der Waals surface area contributed by atoms with Crippen molar-refractivity contribution in [1.29, 1.82) is 0 Å². The van der Waals surface area contributed by atoms with Crippen LogP contribution >= 0.6 is 0 Å². The lowest BCUT2D eigenvalue weighted by molar-refractivity contribution is -0.144. The van der Waals surface area contributed by atoms with Gasteiger partial charge in [-0.2, -0.15) is 13.2 Å². The number of halogens is 3. The van der Waals surface area contributed by atoms with Crippen LogP contribution in [0.3, 0.4) is 0 Å². The van der Waals surface area contributed by atoms with E-state index < -0.39 is 11.7 Å². The number of rotatable bonds is 5. The Balaban J connectivity index is 1.41. The second kappa shape index (κ2) is 7.15. The summed E-state index contributed by atoms with van der Waals surface area (Å²) in [5.41, 5.74) is 1.98. The van der Waals surface area contributed by atoms with Crippen LogP contribution in [0.2, 0.25) is 0 Å². The summed E-state index contributed by atoms with van der Waals surface area (Å²) in [6.07, 6.45) is -2.53. The highest BCUT2D eigenvalue weighted by molar-refractivity contribution is 5.77. The molecule has 2 aliphatic rings. The van der Waals surface area contributed by atoms with Crippen LogP contribution in [0.5, 0.6) is 5.75 Å². The highest BCUT2D eigenvalue weighted by Crippen LogP contribution is 2.48. The van der Waals surface area contributed by atoms with Crippen molar-refractivity contribution < 1.29 is 27.4 Å². The first-order valence-corrected chi connectivity index (χ1v) is 9.50. The first-order chi connectivity index (χ1) is 13.4. The number of alkyl halides is 3. The molecule has 0 N–H and O–H groups in total. The zero-order valence-electron chi connectivity index (χ0n) is 15.5. The third kappa shape index (κ3) is 3.73. The lowest BCUT2D eigenvalue weighted by atomic mass is 10.1. The Morgan fingerprint density at radius 1 is 1.14 bits per heavy atom. The molecule has 1 saturated carbocycles. The van der Waals surface area contributed by atoms with Crippen LogP contribution in [0.1, 0.15) is 54.0 Å². The van der Waals surface area contributed by atoms with E-state index in [1.165, 1.54) is 12.1 Å². The number of fused-ring (bicyclic) bond motifs is 1. The Morgan fingerprint density at radius 3 is 2.57 bits per heavy atom. The fraction of sp³-hybridized carbons (Fsp3) is 0.409. The Morgan fingerprint density at radius 2 is 1.89 bits per heavy atom. The van der Waals surface area contributed by atoms with Gasteiger partial charge < -0.3 is 9.47 Å². The van der Waals surface area contributed by atoms with Crippen molar-refractivity contribution in [2.45, 2.75) is 44.4 Å². The van der Waals surface area contributed by atoms with Crippen LogP contribution in [0.15, 0.2) is 42.5 Å². The van der Waals surface area contributed by atoms with Crippen LogP contribution in [0.4, 0.5) is 13.2 Å². The predicted molar refractivity (Wildman–Crippen MR) is 97.1 cm³/mol. The van der Waals surface area contributed by atoms with Crippen LogP contribution in [0.25, 0.3) is 0 Å². The third-order valence-corrected chi connectivity index (χ3v) is 5.46. The van der Waals surface area contributed by atoms with Crippen molar-refractivity contribution in [3.63, 3.8) is 0 Å². The van der Waals surface area contributed by atoms with E-state index >= 15 is 0 Å². The summed E-state index contributed by atoms with van der Waals surface area (Å²) in [5.74, 6) is 0.667. The highest BCUT2D eigenvalue weighted by atomic mass is 19.4. The smallest absolute Gasteiger partial charge is 0.416 e. The summed E-state index contributed by atoms with van der Waals surface area (Å²) in [7, 11) is 0. The molecule has 0 saturated heterocycles. The first kappa shape index (κ1) is 18.8. The maximum atomic E-state index is 12.9. The second-order valence-electron chi connectivity index (χ2n) is 7.33. The fourth-order valence-electron chi connectivity index (χ4n) is 3.91. The molecule has 0 radical (unpaired) electrons. The van der Waals surface area contributed by atoms with Crippen LogP contribution < -0.4 is 4.74 Å². The molecule has 0 bridgehead atoms. The summed E-state index contributed by atoms with van der Waals surface area (Å²) in [6, 6.07) is 11.5. The minimum atomic E-state index is -4.33. The molecule has 2 aliphatic carbocycles. The van der Waals surface area contributed by atoms with Gasteiger partial charge in [-0.05, 0) is 73.1 Å². The summed E-state index contributed by atoms with van der Waals surface area (Å²) in [6.45, 7) is 2.19. The second-order valence-corrected chi connectivity index (χ2v) is 7.33. The molecule has 6 heteroatoms. The quantitative estimate of drug-likeness (QED) is 0.638. The minimum Gasteiger partial charge on any atom is -0.486 e. The van der Waals surface area contributed by atoms with Crippen molar-refractivity contribution in [2.75, 3.05) is 6.61 Å². The van der Waals surface area contributed by atoms with Crippen LogP contribution in [-0.4, -0.2) is 12.6 Å². The molecule has 2 aromatic rings. The zero-order valence-corrected chi connectivity index (χ0v) is 15.5. The lowest BCUT2D eigenvalue weighted by Crippen LogP contribution is -2.07. The van der Waals surface area contributed by atoms with Gasteiger partial charge in [0.15, 0.2) is 0 Å². The SMILES string of the molecule is CCOC(=O)C1CC1c1ccc(OC2CCc3cc(C(F)(F)F)ccc32)cc1. The van der Waals surface area contributed by atoms with Crippen molar-refractivity contribution in [1.82, 2.24) is 0 Å². The average Bonchev–Trinajstić information content (AvgIpc) is 3.37. The number of hydrogen-bond acceptors (Lipinski definition) is 3. The molecule has 2 aromatic carbocycles. The standard InChI is InChI=1S/C22H21F3O3/c1-2-27-21(26)19-12-18(19)13-3-7-16(8-4-13)28-20-10-5-14-11-15(22(23,24)25)6-9-17(14)20/h3-4,6-9,11,18-20H,2,5,10,12H2,1H3. The Kier molecular flexibility index (Phi) is 4.81. The molecular formula is C22H21F3O3. The van der Waals surface area contributed by atoms with Gasteiger partial charge in [-0.3, -0.25) is 4.79 Å². The topological polar surface area (TPSA) is 35.5 Å². The third-order valence-electron chi connectivity index (χ3n) is 5.46. The normalized spacial score (nSPS) is 23.2. The van der Waals surface area contributed by atoms with Crippen molar-refractivity contribution in [3.05, 3.63) is 64.7 Å². The number of carbonyl (C=O) groups excluding carboxylic acids is 1. The molecule has 3 nitrogen and oxygen atoms in total. The van der Waals surface area contributed by atoms with Crippen LogP contribution in [-0.2, 0) is 22.1 Å². The molecule has 3 unspecified atom stereocenters. The number of hydrogen-bond donors (Lipinski definition) is 0. The summed E-state index contributed by atoms with van der Waals surface area (Å²) in [5, 5.41) is 0. The Labute approximate surface area is 161 Å². The highest BCUT2D eigenvalue weighted by Gasteiger charge is 2.45. The summed E-state index contributed by atoms with van der Waals surface area (Å²) >= 11 is 0. The Hall–Kier alpha value is -2.50. The number of ether oxygens (including phenoxy) is 2. The van der Waals surface area contributed by atoms with Gasteiger partial charge in [0, 0.05) is 0 Å². The average molecular weight is 390 g/mol. The van der Waals surface area contributed by atoms with Gasteiger partial charge in [-0.25, -0.2) is 0 Å². The van der Waals surface area contributed by atoms with Gasteiger partial charge >= 0.3 is 12.1 Å².